The molecule has 0 unspecified atom stereocenters. The quantitative estimate of drug-likeness (QED) is 0.425. The predicted octanol–water partition coefficient (Wildman–Crippen LogP) is 4.42. The highest BCUT2D eigenvalue weighted by Crippen LogP contribution is 2.28. The molecule has 0 heterocycles. The van der Waals surface area contributed by atoms with Gasteiger partial charge in [0.2, 0.25) is 0 Å². The zero-order valence-corrected chi connectivity index (χ0v) is 13.9. The van der Waals surface area contributed by atoms with Crippen LogP contribution in [0, 0.1) is 11.3 Å². The van der Waals surface area contributed by atoms with Crippen molar-refractivity contribution < 1.29 is 13.2 Å². The zero-order chi connectivity index (χ0) is 18.2. The Morgan fingerprint density at radius 1 is 1.35 bits per heavy atom. The van der Waals surface area contributed by atoms with Crippen molar-refractivity contribution in [1.29, 1.82) is 5.26 Å². The number of halogens is 4. The van der Waals surface area contributed by atoms with Crippen molar-refractivity contribution in [2.24, 2.45) is 5.73 Å². The summed E-state index contributed by atoms with van der Waals surface area (Å²) >= 11 is 5.88. The number of allylic oxidation sites excluding steroid dienone is 6. The second-order valence-corrected chi connectivity index (χ2v) is 4.92. The molecular formula is C16H19ClF3N3. The lowest BCUT2D eigenvalue weighted by atomic mass is 9.99. The van der Waals surface area contributed by atoms with Crippen molar-refractivity contribution in [2.45, 2.75) is 26.9 Å². The second kappa shape index (κ2) is 9.11. The molecule has 0 aromatic carbocycles. The largest absolute Gasteiger partial charge is 0.415 e. The third kappa shape index (κ3) is 6.66. The Morgan fingerprint density at radius 2 is 1.91 bits per heavy atom. The molecular weight excluding hydrogens is 327 g/mol. The van der Waals surface area contributed by atoms with Gasteiger partial charge in [0.05, 0.1) is 11.6 Å². The Balaban J connectivity index is 5.61. The fourth-order valence-electron chi connectivity index (χ4n) is 1.48. The Morgan fingerprint density at radius 3 is 2.30 bits per heavy atom. The summed E-state index contributed by atoms with van der Waals surface area (Å²) in [4.78, 5) is 0. The van der Waals surface area contributed by atoms with Crippen LogP contribution >= 0.6 is 11.6 Å². The van der Waals surface area contributed by atoms with Crippen molar-refractivity contribution >= 4 is 11.6 Å². The fraction of sp³-hybridized carbons (Fsp3) is 0.312. The van der Waals surface area contributed by atoms with Crippen LogP contribution in [-0.2, 0) is 0 Å². The van der Waals surface area contributed by atoms with E-state index in [1.54, 1.807) is 19.9 Å². The average Bonchev–Trinajstić information content (AvgIpc) is 2.50. The molecule has 0 fully saturated rings. The molecule has 0 aliphatic carbocycles. The van der Waals surface area contributed by atoms with E-state index in [-0.39, 0.29) is 28.5 Å². The van der Waals surface area contributed by atoms with E-state index in [1.807, 2.05) is 6.07 Å². The van der Waals surface area contributed by atoms with E-state index in [2.05, 4.69) is 11.9 Å². The van der Waals surface area contributed by atoms with Crippen LogP contribution in [0.5, 0.6) is 0 Å². The highest BCUT2D eigenvalue weighted by Gasteiger charge is 2.31. The van der Waals surface area contributed by atoms with Crippen molar-refractivity contribution in [3.05, 3.63) is 58.0 Å². The zero-order valence-electron chi connectivity index (χ0n) is 13.2. The summed E-state index contributed by atoms with van der Waals surface area (Å²) in [5.41, 5.74) is 5.93. The van der Waals surface area contributed by atoms with Crippen LogP contribution in [0.25, 0.3) is 0 Å². The summed E-state index contributed by atoms with van der Waals surface area (Å²) in [6.45, 7) is 7.94. The van der Waals surface area contributed by atoms with Gasteiger partial charge in [-0.1, -0.05) is 30.3 Å². The van der Waals surface area contributed by atoms with Crippen LogP contribution in [-0.4, -0.2) is 12.7 Å². The van der Waals surface area contributed by atoms with Crippen LogP contribution in [0.15, 0.2) is 58.0 Å². The first-order valence-electron chi connectivity index (χ1n) is 6.64. The number of rotatable bonds is 6. The lowest BCUT2D eigenvalue weighted by Gasteiger charge is -2.16. The molecule has 0 aromatic heterocycles. The maximum Gasteiger partial charge on any atom is 0.415 e. The van der Waals surface area contributed by atoms with Crippen LogP contribution in [0.4, 0.5) is 13.2 Å². The van der Waals surface area contributed by atoms with Crippen molar-refractivity contribution in [1.82, 2.24) is 5.32 Å². The minimum atomic E-state index is -4.54. The second-order valence-electron chi connectivity index (χ2n) is 4.54. The summed E-state index contributed by atoms with van der Waals surface area (Å²) in [7, 11) is 0. The number of nitrogens with two attached hydrogens (primary N) is 1. The van der Waals surface area contributed by atoms with Gasteiger partial charge in [-0.15, -0.1) is 0 Å². The molecule has 0 radical (unpaired) electrons. The van der Waals surface area contributed by atoms with Gasteiger partial charge in [-0.25, -0.2) is 0 Å². The standard InChI is InChI=1S/C16H19ClF3N3/c1-5-12(9-23-15(17)10(3)8-21)13(14(22)6-2)7-11(4)16(18,19)20/h5-7,23H,4,9,22H2,1-3H3/b12-5+,13-7-,14-6+,15-10-. The number of nitriles is 1. The van der Waals surface area contributed by atoms with Crippen LogP contribution in [0.2, 0.25) is 0 Å². The maximum atomic E-state index is 12.7. The van der Waals surface area contributed by atoms with E-state index in [0.717, 1.165) is 6.08 Å². The number of hydrogen-bond acceptors (Lipinski definition) is 3. The van der Waals surface area contributed by atoms with Gasteiger partial charge >= 0.3 is 6.18 Å². The van der Waals surface area contributed by atoms with E-state index < -0.39 is 11.7 Å². The molecule has 0 saturated carbocycles. The number of nitrogens with one attached hydrogen (secondary N) is 1. The lowest BCUT2D eigenvalue weighted by molar-refractivity contribution is -0.0878. The summed E-state index contributed by atoms with van der Waals surface area (Å²) < 4.78 is 38.1. The summed E-state index contributed by atoms with van der Waals surface area (Å²) in [6, 6.07) is 1.87. The van der Waals surface area contributed by atoms with Crippen LogP contribution < -0.4 is 11.1 Å². The Labute approximate surface area is 139 Å². The maximum absolute atomic E-state index is 12.7. The Hall–Kier alpha value is -2.13. The third-order valence-corrected chi connectivity index (χ3v) is 3.35. The highest BCUT2D eigenvalue weighted by atomic mass is 35.5. The SMILES string of the molecule is C=C(/C=C(C(=C/C)/CN/C(Cl)=C(/C)C#N)\C(N)=C/C)C(F)(F)F. The van der Waals surface area contributed by atoms with Gasteiger partial charge in [0.25, 0.3) is 0 Å². The molecule has 23 heavy (non-hydrogen) atoms. The topological polar surface area (TPSA) is 61.8 Å². The third-order valence-electron chi connectivity index (χ3n) is 2.93. The van der Waals surface area contributed by atoms with Crippen molar-refractivity contribution in [3.8, 4) is 6.07 Å². The molecule has 3 nitrogen and oxygen atoms in total. The first-order valence-corrected chi connectivity index (χ1v) is 7.02. The first kappa shape index (κ1) is 20.9. The molecule has 3 N–H and O–H groups in total. The van der Waals surface area contributed by atoms with Gasteiger partial charge in [-0.3, -0.25) is 0 Å². The Kier molecular flexibility index (Phi) is 8.27. The van der Waals surface area contributed by atoms with Crippen LogP contribution in [0.1, 0.15) is 20.8 Å². The van der Waals surface area contributed by atoms with Gasteiger partial charge < -0.3 is 11.1 Å². The minimum absolute atomic E-state index is 0.111. The fourth-order valence-corrected chi connectivity index (χ4v) is 1.59. The Bertz CT molecular complexity index is 617. The smallest absolute Gasteiger partial charge is 0.399 e. The molecule has 0 rings (SSSR count). The minimum Gasteiger partial charge on any atom is -0.399 e. The molecule has 0 spiro atoms. The summed E-state index contributed by atoms with van der Waals surface area (Å²) in [6.07, 6.45) is -0.538. The summed E-state index contributed by atoms with van der Waals surface area (Å²) in [5.74, 6) is 0. The predicted molar refractivity (Wildman–Crippen MR) is 87.1 cm³/mol. The van der Waals surface area contributed by atoms with Gasteiger partial charge in [-0.2, -0.15) is 18.4 Å². The molecule has 0 saturated heterocycles. The van der Waals surface area contributed by atoms with Gasteiger partial charge in [0.1, 0.15) is 5.16 Å². The molecule has 0 atom stereocenters. The average molecular weight is 346 g/mol. The monoisotopic (exact) mass is 345 g/mol. The molecule has 0 aliphatic rings. The van der Waals surface area contributed by atoms with E-state index in [9.17, 15) is 13.2 Å². The molecule has 0 amide bonds. The molecule has 126 valence electrons. The number of hydrogen-bond donors (Lipinski definition) is 2. The van der Waals surface area contributed by atoms with Crippen molar-refractivity contribution in [2.75, 3.05) is 6.54 Å². The van der Waals surface area contributed by atoms with Gasteiger partial charge in [0.15, 0.2) is 0 Å². The highest BCUT2D eigenvalue weighted by molar-refractivity contribution is 6.29. The van der Waals surface area contributed by atoms with Gasteiger partial charge in [-0.05, 0) is 32.4 Å². The molecule has 7 heteroatoms. The van der Waals surface area contributed by atoms with E-state index >= 15 is 0 Å². The van der Waals surface area contributed by atoms with E-state index in [0.29, 0.717) is 5.57 Å². The van der Waals surface area contributed by atoms with E-state index in [4.69, 9.17) is 22.6 Å². The molecule has 0 aliphatic heterocycles. The first-order chi connectivity index (χ1) is 10.6. The van der Waals surface area contributed by atoms with Crippen molar-refractivity contribution in [3.63, 3.8) is 0 Å². The normalized spacial score (nSPS) is 15.0. The summed E-state index contributed by atoms with van der Waals surface area (Å²) in [5, 5.41) is 11.6. The molecule has 0 bridgehead atoms. The molecule has 0 aromatic rings. The number of nitrogens with zero attached hydrogens (tertiary/aromatic N) is 1. The van der Waals surface area contributed by atoms with Crippen LogP contribution in [0.3, 0.4) is 0 Å². The lowest BCUT2D eigenvalue weighted by Crippen LogP contribution is -2.19. The van der Waals surface area contributed by atoms with E-state index in [1.165, 1.54) is 13.0 Å². The number of alkyl halides is 3. The van der Waals surface area contributed by atoms with Gasteiger partial charge in [0, 0.05) is 23.4 Å².